The van der Waals surface area contributed by atoms with E-state index in [2.05, 4.69) is 36.3 Å². The number of carbonyl (C=O) groups is 2. The summed E-state index contributed by atoms with van der Waals surface area (Å²) in [4.78, 5) is 29.3. The molecule has 6 nitrogen and oxygen atoms in total. The number of likely N-dealkylation sites (tertiary alicyclic amines) is 1. The van der Waals surface area contributed by atoms with Gasteiger partial charge in [0.25, 0.3) is 0 Å². The number of hydrogen-bond acceptors (Lipinski definition) is 3. The van der Waals surface area contributed by atoms with Crippen LogP contribution in [0.5, 0.6) is 0 Å². The molecule has 0 aromatic carbocycles. The molecule has 0 aromatic rings. The van der Waals surface area contributed by atoms with Crippen molar-refractivity contribution in [2.45, 2.75) is 77.8 Å². The lowest BCUT2D eigenvalue weighted by Crippen LogP contribution is -2.52. The van der Waals surface area contributed by atoms with Crippen LogP contribution >= 0.6 is 0 Å². The van der Waals surface area contributed by atoms with Gasteiger partial charge in [0.1, 0.15) is 0 Å². The average molecular weight is 367 g/mol. The van der Waals surface area contributed by atoms with Crippen LogP contribution in [0.2, 0.25) is 0 Å². The maximum atomic E-state index is 12.7. The number of likely N-dealkylation sites (N-methyl/N-ethyl adjacent to an activating group) is 1. The molecule has 1 saturated carbocycles. The lowest BCUT2D eigenvalue weighted by atomic mass is 9.97. The second-order valence-corrected chi connectivity index (χ2v) is 8.02. The Hall–Kier alpha value is -1.30. The Bertz CT molecular complexity index is 451. The highest BCUT2D eigenvalue weighted by Crippen LogP contribution is 2.20. The minimum absolute atomic E-state index is 0.0163. The first kappa shape index (κ1) is 21.0. The third-order valence-corrected chi connectivity index (χ3v) is 5.67. The van der Waals surface area contributed by atoms with Crippen molar-refractivity contribution >= 4 is 11.9 Å². The number of hydrogen-bond donors (Lipinski definition) is 2. The number of rotatable bonds is 8. The second-order valence-electron chi connectivity index (χ2n) is 8.02. The Labute approximate surface area is 159 Å². The standard InChI is InChI=1S/C20H38N4O2/c1-4-12-23(5-2)14-16(3)21-19(25)17-9-8-13-24(15-17)20(26)22-18-10-6-7-11-18/h16-18H,4-15H2,1-3H3,(H,21,25)(H,22,26)/t16-,17?/m0/s1. The van der Waals surface area contributed by atoms with Crippen LogP contribution in [-0.2, 0) is 4.79 Å². The summed E-state index contributed by atoms with van der Waals surface area (Å²) < 4.78 is 0. The van der Waals surface area contributed by atoms with Gasteiger partial charge in [0.15, 0.2) is 0 Å². The molecule has 6 heteroatoms. The predicted octanol–water partition coefficient (Wildman–Crippen LogP) is 2.59. The van der Waals surface area contributed by atoms with Crippen LogP contribution in [0.15, 0.2) is 0 Å². The minimum atomic E-state index is -0.0817. The van der Waals surface area contributed by atoms with E-state index < -0.39 is 0 Å². The summed E-state index contributed by atoms with van der Waals surface area (Å²) in [6.07, 6.45) is 7.50. The number of carbonyl (C=O) groups excluding carboxylic acids is 2. The SMILES string of the molecule is CCCN(CC)C[C@H](C)NC(=O)C1CCCN(C(=O)NC2CCCC2)C1. The van der Waals surface area contributed by atoms with Crippen molar-refractivity contribution in [1.29, 1.82) is 0 Å². The third-order valence-electron chi connectivity index (χ3n) is 5.67. The van der Waals surface area contributed by atoms with Gasteiger partial charge in [0.05, 0.1) is 5.92 Å². The molecule has 1 heterocycles. The average Bonchev–Trinajstić information content (AvgIpc) is 3.14. The highest BCUT2D eigenvalue weighted by molar-refractivity contribution is 5.81. The number of piperidine rings is 1. The van der Waals surface area contributed by atoms with Crippen LogP contribution in [0.1, 0.15) is 65.7 Å². The van der Waals surface area contributed by atoms with Crippen LogP contribution in [-0.4, -0.2) is 66.5 Å². The summed E-state index contributed by atoms with van der Waals surface area (Å²) in [6, 6.07) is 0.481. The summed E-state index contributed by atoms with van der Waals surface area (Å²) >= 11 is 0. The first-order valence-corrected chi connectivity index (χ1v) is 10.6. The van der Waals surface area contributed by atoms with Crippen molar-refractivity contribution in [1.82, 2.24) is 20.4 Å². The zero-order valence-corrected chi connectivity index (χ0v) is 16.9. The maximum absolute atomic E-state index is 12.7. The van der Waals surface area contributed by atoms with E-state index in [-0.39, 0.29) is 23.9 Å². The van der Waals surface area contributed by atoms with E-state index in [1.165, 1.54) is 12.8 Å². The van der Waals surface area contributed by atoms with Gasteiger partial charge in [0, 0.05) is 31.7 Å². The zero-order chi connectivity index (χ0) is 18.9. The smallest absolute Gasteiger partial charge is 0.317 e. The van der Waals surface area contributed by atoms with Crippen molar-refractivity contribution in [2.24, 2.45) is 5.92 Å². The molecule has 2 rings (SSSR count). The maximum Gasteiger partial charge on any atom is 0.317 e. The Morgan fingerprint density at radius 3 is 2.54 bits per heavy atom. The largest absolute Gasteiger partial charge is 0.352 e. The molecule has 1 aliphatic heterocycles. The van der Waals surface area contributed by atoms with Gasteiger partial charge in [-0.05, 0) is 52.1 Å². The van der Waals surface area contributed by atoms with E-state index >= 15 is 0 Å². The van der Waals surface area contributed by atoms with Crippen molar-refractivity contribution < 1.29 is 9.59 Å². The number of amides is 3. The molecule has 0 radical (unpaired) electrons. The molecule has 1 aliphatic carbocycles. The van der Waals surface area contributed by atoms with Crippen LogP contribution in [0.3, 0.4) is 0 Å². The van der Waals surface area contributed by atoms with E-state index in [0.29, 0.717) is 12.6 Å². The van der Waals surface area contributed by atoms with Crippen molar-refractivity contribution in [3.63, 3.8) is 0 Å². The van der Waals surface area contributed by atoms with Gasteiger partial charge in [0.2, 0.25) is 5.91 Å². The normalized spacial score (nSPS) is 22.5. The van der Waals surface area contributed by atoms with Crippen molar-refractivity contribution in [2.75, 3.05) is 32.7 Å². The Kier molecular flexibility index (Phi) is 8.69. The van der Waals surface area contributed by atoms with Gasteiger partial charge in [-0.1, -0.05) is 26.7 Å². The molecule has 0 spiro atoms. The monoisotopic (exact) mass is 366 g/mol. The number of nitrogens with zero attached hydrogens (tertiary/aromatic N) is 2. The molecule has 0 bridgehead atoms. The van der Waals surface area contributed by atoms with Gasteiger partial charge in [-0.15, -0.1) is 0 Å². The van der Waals surface area contributed by atoms with E-state index in [4.69, 9.17) is 0 Å². The Morgan fingerprint density at radius 2 is 1.88 bits per heavy atom. The van der Waals surface area contributed by atoms with Gasteiger partial charge < -0.3 is 20.4 Å². The molecular formula is C20H38N4O2. The van der Waals surface area contributed by atoms with Gasteiger partial charge in [-0.25, -0.2) is 4.79 Å². The topological polar surface area (TPSA) is 64.7 Å². The quantitative estimate of drug-likeness (QED) is 0.694. The van der Waals surface area contributed by atoms with Crippen molar-refractivity contribution in [3.05, 3.63) is 0 Å². The summed E-state index contributed by atoms with van der Waals surface area (Å²) in [5.41, 5.74) is 0. The summed E-state index contributed by atoms with van der Waals surface area (Å²) in [6.45, 7) is 10.7. The van der Waals surface area contributed by atoms with Crippen LogP contribution in [0, 0.1) is 5.92 Å². The molecule has 1 saturated heterocycles. The van der Waals surface area contributed by atoms with Crippen molar-refractivity contribution in [3.8, 4) is 0 Å². The van der Waals surface area contributed by atoms with Gasteiger partial charge in [-0.3, -0.25) is 4.79 Å². The lowest BCUT2D eigenvalue weighted by molar-refractivity contribution is -0.127. The summed E-state index contributed by atoms with van der Waals surface area (Å²) in [5, 5.41) is 6.31. The molecule has 0 aromatic heterocycles. The van der Waals surface area contributed by atoms with Gasteiger partial charge >= 0.3 is 6.03 Å². The van der Waals surface area contributed by atoms with E-state index in [0.717, 1.165) is 58.3 Å². The summed E-state index contributed by atoms with van der Waals surface area (Å²) in [7, 11) is 0. The molecule has 2 aliphatic rings. The fourth-order valence-electron chi connectivity index (χ4n) is 4.20. The number of urea groups is 1. The molecular weight excluding hydrogens is 328 g/mol. The molecule has 150 valence electrons. The Morgan fingerprint density at radius 1 is 1.15 bits per heavy atom. The van der Waals surface area contributed by atoms with Crippen LogP contribution in [0.4, 0.5) is 4.79 Å². The number of nitrogens with one attached hydrogen (secondary N) is 2. The Balaban J connectivity index is 1.78. The minimum Gasteiger partial charge on any atom is -0.352 e. The van der Waals surface area contributed by atoms with Gasteiger partial charge in [-0.2, -0.15) is 0 Å². The fourth-order valence-corrected chi connectivity index (χ4v) is 4.20. The first-order valence-electron chi connectivity index (χ1n) is 10.6. The first-order chi connectivity index (χ1) is 12.5. The fraction of sp³-hybridized carbons (Fsp3) is 0.900. The third kappa shape index (κ3) is 6.45. The molecule has 3 amide bonds. The summed E-state index contributed by atoms with van der Waals surface area (Å²) in [5.74, 6) is 0.0187. The molecule has 1 unspecified atom stereocenters. The lowest BCUT2D eigenvalue weighted by Gasteiger charge is -2.34. The highest BCUT2D eigenvalue weighted by atomic mass is 16.2. The van der Waals surface area contributed by atoms with E-state index in [1.54, 1.807) is 0 Å². The zero-order valence-electron chi connectivity index (χ0n) is 16.9. The van der Waals surface area contributed by atoms with E-state index in [1.807, 2.05) is 4.90 Å². The highest BCUT2D eigenvalue weighted by Gasteiger charge is 2.30. The van der Waals surface area contributed by atoms with Crippen LogP contribution < -0.4 is 10.6 Å². The second kappa shape index (κ2) is 10.8. The van der Waals surface area contributed by atoms with E-state index in [9.17, 15) is 9.59 Å². The molecule has 2 N–H and O–H groups in total. The van der Waals surface area contributed by atoms with Crippen LogP contribution in [0.25, 0.3) is 0 Å². The molecule has 26 heavy (non-hydrogen) atoms. The predicted molar refractivity (Wildman–Crippen MR) is 105 cm³/mol. The molecule has 2 atom stereocenters. The molecule has 2 fully saturated rings.